The molecule has 0 amide bonds. The molecule has 0 aliphatic carbocycles. The number of aryl methyl sites for hydroxylation is 1. The van der Waals surface area contributed by atoms with Crippen LogP contribution in [0.3, 0.4) is 0 Å². The van der Waals surface area contributed by atoms with Gasteiger partial charge < -0.3 is 4.42 Å². The second kappa shape index (κ2) is 5.03. The number of hydrogen-bond donors (Lipinski definition) is 0. The van der Waals surface area contributed by atoms with Crippen molar-refractivity contribution < 1.29 is 9.21 Å². The second-order valence-electron chi connectivity index (χ2n) is 3.49. The van der Waals surface area contributed by atoms with Gasteiger partial charge in [0.1, 0.15) is 6.26 Å². The number of hydrogen-bond acceptors (Lipinski definition) is 3. The lowest BCUT2D eigenvalue weighted by atomic mass is 10.2. The van der Waals surface area contributed by atoms with Crippen LogP contribution in [0.4, 0.5) is 0 Å². The largest absolute Gasteiger partial charge is 0.472 e. The Kier molecular flexibility index (Phi) is 3.47. The van der Waals surface area contributed by atoms with Crippen molar-refractivity contribution in [3.8, 4) is 0 Å². The third-order valence-electron chi connectivity index (χ3n) is 2.30. The zero-order valence-corrected chi connectivity index (χ0v) is 9.79. The lowest BCUT2D eigenvalue weighted by molar-refractivity contribution is 0.102. The normalized spacial score (nSPS) is 10.3. The summed E-state index contributed by atoms with van der Waals surface area (Å²) in [6.07, 6.45) is 3.01. The van der Waals surface area contributed by atoms with E-state index in [1.54, 1.807) is 17.8 Å². The summed E-state index contributed by atoms with van der Waals surface area (Å²) in [5.74, 6) is 0.548. The molecule has 2 nitrogen and oxygen atoms in total. The molecule has 0 saturated carbocycles. The van der Waals surface area contributed by atoms with E-state index < -0.39 is 0 Å². The third-order valence-corrected chi connectivity index (χ3v) is 3.47. The van der Waals surface area contributed by atoms with Gasteiger partial charge in [0, 0.05) is 4.90 Å². The van der Waals surface area contributed by atoms with Crippen molar-refractivity contribution in [3.05, 3.63) is 54.0 Å². The number of benzene rings is 1. The molecule has 3 heteroatoms. The van der Waals surface area contributed by atoms with Crippen LogP contribution < -0.4 is 0 Å². The average Bonchev–Trinajstić information content (AvgIpc) is 2.81. The molecule has 0 radical (unpaired) electrons. The van der Waals surface area contributed by atoms with E-state index in [0.717, 1.165) is 4.90 Å². The fourth-order valence-electron chi connectivity index (χ4n) is 1.37. The van der Waals surface area contributed by atoms with Crippen LogP contribution in [0, 0.1) is 6.92 Å². The van der Waals surface area contributed by atoms with Gasteiger partial charge in [-0.05, 0) is 24.6 Å². The average molecular weight is 232 g/mol. The van der Waals surface area contributed by atoms with Crippen LogP contribution in [0.25, 0.3) is 0 Å². The van der Waals surface area contributed by atoms with Crippen LogP contribution in [0.15, 0.2) is 52.2 Å². The van der Waals surface area contributed by atoms with Crippen LogP contribution in [0.1, 0.15) is 15.9 Å². The zero-order valence-electron chi connectivity index (χ0n) is 8.97. The second-order valence-corrected chi connectivity index (χ2v) is 4.51. The number of furan rings is 1. The van der Waals surface area contributed by atoms with Crippen molar-refractivity contribution >= 4 is 17.5 Å². The molecular formula is C13H12O2S. The maximum Gasteiger partial charge on any atom is 0.176 e. The minimum atomic E-state index is 0.0991. The first-order valence-electron chi connectivity index (χ1n) is 5.01. The van der Waals surface area contributed by atoms with E-state index in [-0.39, 0.29) is 5.78 Å². The fourth-order valence-corrected chi connectivity index (χ4v) is 2.29. The highest BCUT2D eigenvalue weighted by Crippen LogP contribution is 2.22. The van der Waals surface area contributed by atoms with Gasteiger partial charge in [-0.3, -0.25) is 4.79 Å². The standard InChI is InChI=1S/C13H12O2S/c1-10-4-2-3-5-13(10)16-9-12(14)11-6-7-15-8-11/h2-8H,9H2,1H3. The first kappa shape index (κ1) is 11.0. The van der Waals surface area contributed by atoms with Crippen LogP contribution in [-0.2, 0) is 0 Å². The van der Waals surface area contributed by atoms with Crippen molar-refractivity contribution in [3.63, 3.8) is 0 Å². The Bertz CT molecular complexity index is 474. The van der Waals surface area contributed by atoms with E-state index in [4.69, 9.17) is 4.42 Å². The number of rotatable bonds is 4. The Labute approximate surface area is 98.7 Å². The summed E-state index contributed by atoms with van der Waals surface area (Å²) >= 11 is 1.56. The van der Waals surface area contributed by atoms with E-state index in [9.17, 15) is 4.79 Å². The molecule has 0 aliphatic rings. The third kappa shape index (κ3) is 2.55. The summed E-state index contributed by atoms with van der Waals surface area (Å²) in [6.45, 7) is 2.05. The highest BCUT2D eigenvalue weighted by molar-refractivity contribution is 8.00. The summed E-state index contributed by atoms with van der Waals surface area (Å²) in [5, 5.41) is 0. The summed E-state index contributed by atoms with van der Waals surface area (Å²) < 4.78 is 4.88. The number of carbonyl (C=O) groups is 1. The van der Waals surface area contributed by atoms with Gasteiger partial charge in [0.2, 0.25) is 0 Å². The van der Waals surface area contributed by atoms with E-state index in [1.165, 1.54) is 18.1 Å². The van der Waals surface area contributed by atoms with Crippen LogP contribution in [0.2, 0.25) is 0 Å². The molecular weight excluding hydrogens is 220 g/mol. The summed E-state index contributed by atoms with van der Waals surface area (Å²) in [5.41, 5.74) is 1.84. The van der Waals surface area contributed by atoms with Gasteiger partial charge in [-0.1, -0.05) is 18.2 Å². The van der Waals surface area contributed by atoms with Crippen molar-refractivity contribution in [2.75, 3.05) is 5.75 Å². The van der Waals surface area contributed by atoms with E-state index in [1.807, 2.05) is 31.2 Å². The topological polar surface area (TPSA) is 30.2 Å². The predicted molar refractivity (Wildman–Crippen MR) is 64.9 cm³/mol. The van der Waals surface area contributed by atoms with E-state index in [2.05, 4.69) is 0 Å². The Morgan fingerprint density at radius 2 is 2.12 bits per heavy atom. The van der Waals surface area contributed by atoms with Gasteiger partial charge in [0.15, 0.2) is 5.78 Å². The quantitative estimate of drug-likeness (QED) is 0.596. The molecule has 1 aromatic carbocycles. The maximum atomic E-state index is 11.7. The molecule has 1 aromatic heterocycles. The maximum absolute atomic E-state index is 11.7. The number of thioether (sulfide) groups is 1. The monoisotopic (exact) mass is 232 g/mol. The molecule has 0 unspecified atom stereocenters. The molecule has 2 rings (SSSR count). The number of carbonyl (C=O) groups excluding carboxylic acids is 1. The van der Waals surface area contributed by atoms with Gasteiger partial charge in [-0.2, -0.15) is 0 Å². The van der Waals surface area contributed by atoms with Crippen LogP contribution >= 0.6 is 11.8 Å². The Hall–Kier alpha value is -1.48. The summed E-state index contributed by atoms with van der Waals surface area (Å²) in [4.78, 5) is 12.9. The minimum absolute atomic E-state index is 0.0991. The number of ketones is 1. The molecule has 0 N–H and O–H groups in total. The highest BCUT2D eigenvalue weighted by atomic mass is 32.2. The molecule has 0 atom stereocenters. The van der Waals surface area contributed by atoms with Gasteiger partial charge >= 0.3 is 0 Å². The SMILES string of the molecule is Cc1ccccc1SCC(=O)c1ccoc1. The first-order valence-corrected chi connectivity index (χ1v) is 6.00. The van der Waals surface area contributed by atoms with Crippen molar-refractivity contribution in [1.29, 1.82) is 0 Å². The van der Waals surface area contributed by atoms with Gasteiger partial charge in [0.05, 0.1) is 17.6 Å². The van der Waals surface area contributed by atoms with E-state index in [0.29, 0.717) is 11.3 Å². The van der Waals surface area contributed by atoms with Crippen molar-refractivity contribution in [2.45, 2.75) is 11.8 Å². The van der Waals surface area contributed by atoms with Crippen LogP contribution in [-0.4, -0.2) is 11.5 Å². The van der Waals surface area contributed by atoms with Crippen molar-refractivity contribution in [2.24, 2.45) is 0 Å². The predicted octanol–water partition coefficient (Wildman–Crippen LogP) is 3.56. The fraction of sp³-hybridized carbons (Fsp3) is 0.154. The summed E-state index contributed by atoms with van der Waals surface area (Å²) in [7, 11) is 0. The number of Topliss-reactive ketones (excluding diaryl/α,β-unsaturated/α-hetero) is 1. The molecule has 0 fully saturated rings. The molecule has 16 heavy (non-hydrogen) atoms. The molecule has 0 saturated heterocycles. The first-order chi connectivity index (χ1) is 7.77. The van der Waals surface area contributed by atoms with Gasteiger partial charge in [0.25, 0.3) is 0 Å². The molecule has 0 bridgehead atoms. The molecule has 2 aromatic rings. The van der Waals surface area contributed by atoms with Crippen molar-refractivity contribution in [1.82, 2.24) is 0 Å². The molecule has 1 heterocycles. The zero-order chi connectivity index (χ0) is 11.4. The smallest absolute Gasteiger partial charge is 0.176 e. The summed E-state index contributed by atoms with van der Waals surface area (Å²) in [6, 6.07) is 9.75. The minimum Gasteiger partial charge on any atom is -0.472 e. The highest BCUT2D eigenvalue weighted by Gasteiger charge is 2.08. The van der Waals surface area contributed by atoms with E-state index >= 15 is 0 Å². The lowest BCUT2D eigenvalue weighted by Gasteiger charge is -2.03. The van der Waals surface area contributed by atoms with Gasteiger partial charge in [-0.25, -0.2) is 0 Å². The van der Waals surface area contributed by atoms with Gasteiger partial charge in [-0.15, -0.1) is 11.8 Å². The Morgan fingerprint density at radius 1 is 1.31 bits per heavy atom. The molecule has 82 valence electrons. The Morgan fingerprint density at radius 3 is 2.81 bits per heavy atom. The lowest BCUT2D eigenvalue weighted by Crippen LogP contribution is -2.00. The van der Waals surface area contributed by atoms with Crippen LogP contribution in [0.5, 0.6) is 0 Å². The molecule has 0 aliphatic heterocycles. The molecule has 0 spiro atoms. The Balaban J connectivity index is 1.98.